The van der Waals surface area contributed by atoms with E-state index >= 15 is 0 Å². The number of imide groups is 1. The van der Waals surface area contributed by atoms with E-state index in [0.717, 1.165) is 28.9 Å². The number of carbonyl (C=O) groups is 3. The molecule has 0 saturated carbocycles. The number of aryl methyl sites for hydroxylation is 3. The Kier molecular flexibility index (Phi) is 5.73. The number of nitrogens with zero attached hydrogens (tertiary/aromatic N) is 1. The molecule has 1 aliphatic heterocycles. The first kappa shape index (κ1) is 20.6. The Morgan fingerprint density at radius 3 is 2.28 bits per heavy atom. The smallest absolute Gasteiger partial charge is 0.324 e. The number of hydrogen-bond acceptors (Lipinski definition) is 3. The van der Waals surface area contributed by atoms with Gasteiger partial charge in [-0.15, -0.1) is 0 Å². The number of hydrogen-bond donors (Lipinski definition) is 2. The van der Waals surface area contributed by atoms with E-state index in [1.165, 1.54) is 5.56 Å². The highest BCUT2D eigenvalue weighted by Gasteiger charge is 2.49. The molecule has 6 heteroatoms. The minimum atomic E-state index is -1.18. The Labute approximate surface area is 171 Å². The van der Waals surface area contributed by atoms with E-state index in [-0.39, 0.29) is 6.54 Å². The predicted octanol–water partition coefficient (Wildman–Crippen LogP) is 3.66. The van der Waals surface area contributed by atoms with Crippen LogP contribution in [0.4, 0.5) is 10.5 Å². The average molecular weight is 393 g/mol. The van der Waals surface area contributed by atoms with Gasteiger partial charge in [0.15, 0.2) is 0 Å². The summed E-state index contributed by atoms with van der Waals surface area (Å²) in [5, 5.41) is 5.57. The SMILES string of the molecule is CCCc1ccc([C@]2(C)NC(=O)N(CC(=O)Nc3c(C)cccc3C)C2=O)cc1. The van der Waals surface area contributed by atoms with Gasteiger partial charge in [0.05, 0.1) is 0 Å². The van der Waals surface area contributed by atoms with E-state index in [4.69, 9.17) is 0 Å². The molecule has 0 radical (unpaired) electrons. The van der Waals surface area contributed by atoms with E-state index in [1.54, 1.807) is 6.92 Å². The molecule has 4 amide bonds. The number of para-hydroxylation sites is 1. The number of anilines is 1. The standard InChI is InChI=1S/C23H27N3O3/c1-5-7-17-10-12-18(13-11-17)23(4)21(28)26(22(29)25-23)14-19(27)24-20-15(2)8-6-9-16(20)3/h6,8-13H,5,7,14H2,1-4H3,(H,24,27)(H,25,29)/t23-/m0/s1. The summed E-state index contributed by atoms with van der Waals surface area (Å²) in [5.74, 6) is -0.837. The van der Waals surface area contributed by atoms with Crippen molar-refractivity contribution in [3.63, 3.8) is 0 Å². The Bertz CT molecular complexity index is 932. The molecule has 1 saturated heterocycles. The molecule has 2 N–H and O–H groups in total. The molecule has 1 aliphatic rings. The van der Waals surface area contributed by atoms with Gasteiger partial charge in [0, 0.05) is 5.69 Å². The van der Waals surface area contributed by atoms with Crippen molar-refractivity contribution in [1.29, 1.82) is 0 Å². The Hall–Kier alpha value is -3.15. The molecule has 0 aliphatic carbocycles. The van der Waals surface area contributed by atoms with Crippen LogP contribution in [0.15, 0.2) is 42.5 Å². The molecule has 0 spiro atoms. The number of carbonyl (C=O) groups excluding carboxylic acids is 3. The zero-order chi connectivity index (χ0) is 21.2. The number of amides is 4. The highest BCUT2D eigenvalue weighted by atomic mass is 16.2. The van der Waals surface area contributed by atoms with Crippen LogP contribution in [0.2, 0.25) is 0 Å². The fourth-order valence-corrected chi connectivity index (χ4v) is 3.66. The molecule has 0 aromatic heterocycles. The van der Waals surface area contributed by atoms with Crippen LogP contribution in [-0.4, -0.2) is 29.3 Å². The first-order valence-corrected chi connectivity index (χ1v) is 9.86. The Morgan fingerprint density at radius 1 is 1.07 bits per heavy atom. The maximum Gasteiger partial charge on any atom is 0.325 e. The summed E-state index contributed by atoms with van der Waals surface area (Å²) in [6.07, 6.45) is 2.00. The van der Waals surface area contributed by atoms with E-state index in [9.17, 15) is 14.4 Å². The van der Waals surface area contributed by atoms with Gasteiger partial charge in [0.1, 0.15) is 12.1 Å². The minimum Gasteiger partial charge on any atom is -0.324 e. The van der Waals surface area contributed by atoms with Crippen LogP contribution in [0.25, 0.3) is 0 Å². The van der Waals surface area contributed by atoms with Crippen molar-refractivity contribution in [3.05, 3.63) is 64.7 Å². The van der Waals surface area contributed by atoms with Gasteiger partial charge in [-0.05, 0) is 49.4 Å². The summed E-state index contributed by atoms with van der Waals surface area (Å²) in [7, 11) is 0. The molecule has 1 atom stereocenters. The van der Waals surface area contributed by atoms with E-state index in [2.05, 4.69) is 17.6 Å². The quantitative estimate of drug-likeness (QED) is 0.735. The van der Waals surface area contributed by atoms with Crippen LogP contribution >= 0.6 is 0 Å². The third-order valence-electron chi connectivity index (χ3n) is 5.39. The third-order valence-corrected chi connectivity index (χ3v) is 5.39. The normalized spacial score (nSPS) is 18.7. The topological polar surface area (TPSA) is 78.5 Å². The second-order valence-corrected chi connectivity index (χ2v) is 7.71. The molecular formula is C23H27N3O3. The molecule has 1 heterocycles. The first-order valence-electron chi connectivity index (χ1n) is 9.86. The summed E-state index contributed by atoms with van der Waals surface area (Å²) in [6.45, 7) is 7.25. The fourth-order valence-electron chi connectivity index (χ4n) is 3.66. The molecule has 3 rings (SSSR count). The summed E-state index contributed by atoms with van der Waals surface area (Å²) in [6, 6.07) is 12.8. The Balaban J connectivity index is 1.75. The van der Waals surface area contributed by atoms with E-state index < -0.39 is 23.4 Å². The molecule has 0 bridgehead atoms. The van der Waals surface area contributed by atoms with Gasteiger partial charge in [0.25, 0.3) is 5.91 Å². The Morgan fingerprint density at radius 2 is 1.69 bits per heavy atom. The summed E-state index contributed by atoms with van der Waals surface area (Å²) < 4.78 is 0. The highest BCUT2D eigenvalue weighted by molar-refractivity contribution is 6.10. The van der Waals surface area contributed by atoms with Crippen molar-refractivity contribution in [2.24, 2.45) is 0 Å². The number of rotatable bonds is 6. The van der Waals surface area contributed by atoms with Crippen LogP contribution in [0.1, 0.15) is 42.5 Å². The van der Waals surface area contributed by atoms with Crippen molar-refractivity contribution < 1.29 is 14.4 Å². The molecule has 6 nitrogen and oxygen atoms in total. The fraction of sp³-hybridized carbons (Fsp3) is 0.348. The second kappa shape index (κ2) is 8.07. The van der Waals surface area contributed by atoms with Gasteiger partial charge >= 0.3 is 6.03 Å². The third kappa shape index (κ3) is 4.01. The minimum absolute atomic E-state index is 0.331. The lowest BCUT2D eigenvalue weighted by Crippen LogP contribution is -2.42. The number of benzene rings is 2. The van der Waals surface area contributed by atoms with Crippen molar-refractivity contribution in [3.8, 4) is 0 Å². The average Bonchev–Trinajstić information content (AvgIpc) is 2.90. The van der Waals surface area contributed by atoms with Gasteiger partial charge in [0.2, 0.25) is 5.91 Å². The zero-order valence-electron chi connectivity index (χ0n) is 17.3. The highest BCUT2D eigenvalue weighted by Crippen LogP contribution is 2.29. The van der Waals surface area contributed by atoms with Crippen molar-refractivity contribution in [2.75, 3.05) is 11.9 Å². The zero-order valence-corrected chi connectivity index (χ0v) is 17.3. The molecular weight excluding hydrogens is 366 g/mol. The lowest BCUT2D eigenvalue weighted by molar-refractivity contribution is -0.133. The maximum atomic E-state index is 13.0. The molecule has 2 aromatic rings. The van der Waals surface area contributed by atoms with Crippen LogP contribution in [-0.2, 0) is 21.5 Å². The molecule has 0 unspecified atom stereocenters. The molecule has 2 aromatic carbocycles. The van der Waals surface area contributed by atoms with Crippen molar-refractivity contribution in [2.45, 2.75) is 46.1 Å². The lowest BCUT2D eigenvalue weighted by Gasteiger charge is -2.22. The van der Waals surface area contributed by atoms with Gasteiger partial charge in [-0.1, -0.05) is 55.8 Å². The molecule has 29 heavy (non-hydrogen) atoms. The van der Waals surface area contributed by atoms with Gasteiger partial charge in [-0.3, -0.25) is 14.5 Å². The monoisotopic (exact) mass is 393 g/mol. The van der Waals surface area contributed by atoms with Gasteiger partial charge in [-0.2, -0.15) is 0 Å². The van der Waals surface area contributed by atoms with Crippen LogP contribution in [0.5, 0.6) is 0 Å². The molecule has 152 valence electrons. The summed E-state index contributed by atoms with van der Waals surface area (Å²) >= 11 is 0. The first-order chi connectivity index (χ1) is 13.8. The van der Waals surface area contributed by atoms with Crippen molar-refractivity contribution >= 4 is 23.5 Å². The maximum absolute atomic E-state index is 13.0. The van der Waals surface area contributed by atoms with Gasteiger partial charge < -0.3 is 10.6 Å². The number of urea groups is 1. The van der Waals surface area contributed by atoms with E-state index in [1.807, 2.05) is 56.3 Å². The van der Waals surface area contributed by atoms with Gasteiger partial charge in [-0.25, -0.2) is 4.79 Å². The summed E-state index contributed by atoms with van der Waals surface area (Å²) in [4.78, 5) is 39.0. The van der Waals surface area contributed by atoms with Crippen LogP contribution in [0.3, 0.4) is 0 Å². The largest absolute Gasteiger partial charge is 0.325 e. The lowest BCUT2D eigenvalue weighted by atomic mass is 9.91. The second-order valence-electron chi connectivity index (χ2n) is 7.71. The summed E-state index contributed by atoms with van der Waals surface area (Å²) in [5.41, 5.74) is 3.26. The van der Waals surface area contributed by atoms with E-state index in [0.29, 0.717) is 11.3 Å². The van der Waals surface area contributed by atoms with Crippen molar-refractivity contribution in [1.82, 2.24) is 10.2 Å². The molecule has 1 fully saturated rings. The predicted molar refractivity (Wildman–Crippen MR) is 113 cm³/mol. The van der Waals surface area contributed by atoms with Crippen LogP contribution in [0, 0.1) is 13.8 Å². The number of nitrogens with one attached hydrogen (secondary N) is 2. The van der Waals surface area contributed by atoms with Crippen LogP contribution < -0.4 is 10.6 Å².